The van der Waals surface area contributed by atoms with Crippen LogP contribution < -0.4 is 5.73 Å². The van der Waals surface area contributed by atoms with Crippen molar-refractivity contribution in [1.29, 1.82) is 0 Å². The molecular formula is C13H20N2O4S. The van der Waals surface area contributed by atoms with Crippen LogP contribution in [0.25, 0.3) is 0 Å². The van der Waals surface area contributed by atoms with E-state index >= 15 is 0 Å². The van der Waals surface area contributed by atoms with Crippen molar-refractivity contribution in [2.24, 2.45) is 5.73 Å². The highest BCUT2D eigenvalue weighted by atomic mass is 32.2. The van der Waals surface area contributed by atoms with Crippen LogP contribution in [0.15, 0.2) is 23.1 Å². The van der Waals surface area contributed by atoms with E-state index in [4.69, 9.17) is 5.73 Å². The highest BCUT2D eigenvalue weighted by Gasteiger charge is 2.26. The molecule has 20 heavy (non-hydrogen) atoms. The molecule has 1 atom stereocenters. The van der Waals surface area contributed by atoms with Crippen molar-refractivity contribution in [2.75, 3.05) is 20.7 Å². The van der Waals surface area contributed by atoms with Gasteiger partial charge in [0.2, 0.25) is 10.0 Å². The van der Waals surface area contributed by atoms with Crippen LogP contribution in [-0.2, 0) is 14.8 Å². The highest BCUT2D eigenvalue weighted by Crippen LogP contribution is 2.21. The summed E-state index contributed by atoms with van der Waals surface area (Å²) < 4.78 is 30.8. The minimum absolute atomic E-state index is 0.160. The summed E-state index contributed by atoms with van der Waals surface area (Å²) in [4.78, 5) is 11.6. The zero-order valence-electron chi connectivity index (χ0n) is 12.1. The molecular weight excluding hydrogens is 280 g/mol. The lowest BCUT2D eigenvalue weighted by molar-refractivity contribution is 0.0600. The van der Waals surface area contributed by atoms with Crippen LogP contribution in [0.2, 0.25) is 0 Å². The number of methoxy groups -OCH3 is 1. The molecule has 6 nitrogen and oxygen atoms in total. The Kier molecular flexibility index (Phi) is 5.27. The molecule has 112 valence electrons. The molecule has 0 amide bonds. The minimum atomic E-state index is -3.63. The predicted molar refractivity (Wildman–Crippen MR) is 76.0 cm³/mol. The number of carbonyl (C=O) groups excluding carboxylic acids is 1. The number of rotatable bonds is 5. The molecule has 0 bridgehead atoms. The average Bonchev–Trinajstić information content (AvgIpc) is 2.44. The lowest BCUT2D eigenvalue weighted by atomic mass is 10.1. The SMILES string of the molecule is COC(=O)c1ccc(S(=O)(=O)N(C)C(C)CN)c(C)c1. The van der Waals surface area contributed by atoms with Crippen LogP contribution in [0.4, 0.5) is 0 Å². The summed E-state index contributed by atoms with van der Waals surface area (Å²) in [5.74, 6) is -0.499. The Balaban J connectivity index is 3.24. The van der Waals surface area contributed by atoms with Crippen molar-refractivity contribution < 1.29 is 17.9 Å². The Labute approximate surface area is 119 Å². The van der Waals surface area contributed by atoms with E-state index < -0.39 is 16.0 Å². The van der Waals surface area contributed by atoms with E-state index in [2.05, 4.69) is 4.74 Å². The fourth-order valence-corrected chi connectivity index (χ4v) is 3.30. The number of nitrogens with two attached hydrogens (primary N) is 1. The lowest BCUT2D eigenvalue weighted by Gasteiger charge is -2.24. The first-order chi connectivity index (χ1) is 9.25. The number of esters is 1. The molecule has 1 aromatic carbocycles. The van der Waals surface area contributed by atoms with Crippen LogP contribution in [0.5, 0.6) is 0 Å². The molecule has 0 aliphatic heterocycles. The normalized spacial score (nSPS) is 13.3. The molecule has 1 rings (SSSR count). The van der Waals surface area contributed by atoms with Gasteiger partial charge in [0.1, 0.15) is 0 Å². The van der Waals surface area contributed by atoms with Crippen molar-refractivity contribution >= 4 is 16.0 Å². The second-order valence-corrected chi connectivity index (χ2v) is 6.54. The van der Waals surface area contributed by atoms with E-state index in [0.717, 1.165) is 0 Å². The van der Waals surface area contributed by atoms with E-state index in [-0.39, 0.29) is 17.5 Å². The number of nitrogens with zero attached hydrogens (tertiary/aromatic N) is 1. The molecule has 1 unspecified atom stereocenters. The van der Waals surface area contributed by atoms with Gasteiger partial charge in [-0.25, -0.2) is 13.2 Å². The van der Waals surface area contributed by atoms with Crippen molar-refractivity contribution in [2.45, 2.75) is 24.8 Å². The molecule has 0 aliphatic carbocycles. The van der Waals surface area contributed by atoms with Crippen molar-refractivity contribution in [3.8, 4) is 0 Å². The average molecular weight is 300 g/mol. The van der Waals surface area contributed by atoms with Gasteiger partial charge in [0, 0.05) is 19.6 Å². The van der Waals surface area contributed by atoms with E-state index in [1.54, 1.807) is 13.8 Å². The van der Waals surface area contributed by atoms with Gasteiger partial charge in [-0.3, -0.25) is 0 Å². The Bertz CT molecular complexity index is 598. The highest BCUT2D eigenvalue weighted by molar-refractivity contribution is 7.89. The Morgan fingerprint density at radius 1 is 1.45 bits per heavy atom. The standard InChI is InChI=1S/C13H20N2O4S/c1-9-7-11(13(16)19-4)5-6-12(9)20(17,18)15(3)10(2)8-14/h5-7,10H,8,14H2,1-4H3. The smallest absolute Gasteiger partial charge is 0.337 e. The van der Waals surface area contributed by atoms with Crippen LogP contribution >= 0.6 is 0 Å². The summed E-state index contributed by atoms with van der Waals surface area (Å²) >= 11 is 0. The zero-order valence-corrected chi connectivity index (χ0v) is 12.9. The third-order valence-electron chi connectivity index (χ3n) is 3.21. The number of carbonyl (C=O) groups is 1. The summed E-state index contributed by atoms with van der Waals surface area (Å²) in [5.41, 5.74) is 6.31. The minimum Gasteiger partial charge on any atom is -0.465 e. The summed E-state index contributed by atoms with van der Waals surface area (Å²) in [6.07, 6.45) is 0. The van der Waals surface area contributed by atoms with Crippen molar-refractivity contribution in [3.05, 3.63) is 29.3 Å². The van der Waals surface area contributed by atoms with Gasteiger partial charge in [0.05, 0.1) is 17.6 Å². The number of ether oxygens (including phenoxy) is 1. The maximum absolute atomic E-state index is 12.5. The quantitative estimate of drug-likeness (QED) is 0.810. The summed E-state index contributed by atoms with van der Waals surface area (Å²) in [6.45, 7) is 3.60. The van der Waals surface area contributed by atoms with E-state index in [0.29, 0.717) is 11.1 Å². The van der Waals surface area contributed by atoms with Gasteiger partial charge in [0.25, 0.3) is 0 Å². The first-order valence-corrected chi connectivity index (χ1v) is 7.56. The number of hydrogen-bond acceptors (Lipinski definition) is 5. The van der Waals surface area contributed by atoms with Gasteiger partial charge in [-0.15, -0.1) is 0 Å². The number of benzene rings is 1. The zero-order chi connectivity index (χ0) is 15.5. The van der Waals surface area contributed by atoms with E-state index in [1.807, 2.05) is 0 Å². The first kappa shape index (κ1) is 16.6. The van der Waals surface area contributed by atoms with Crippen LogP contribution in [0.1, 0.15) is 22.8 Å². The maximum atomic E-state index is 12.5. The summed E-state index contributed by atoms with van der Waals surface area (Å²) in [6, 6.07) is 4.04. The molecule has 0 spiro atoms. The van der Waals surface area contributed by atoms with E-state index in [1.165, 1.54) is 36.7 Å². The number of likely N-dealkylation sites (N-methyl/N-ethyl adjacent to an activating group) is 1. The molecule has 0 fully saturated rings. The second kappa shape index (κ2) is 6.34. The monoisotopic (exact) mass is 300 g/mol. The molecule has 0 aromatic heterocycles. The van der Waals surface area contributed by atoms with Gasteiger partial charge in [-0.1, -0.05) is 0 Å². The van der Waals surface area contributed by atoms with Crippen LogP contribution in [0, 0.1) is 6.92 Å². The van der Waals surface area contributed by atoms with Gasteiger partial charge in [-0.05, 0) is 37.6 Å². The number of hydrogen-bond donors (Lipinski definition) is 1. The topological polar surface area (TPSA) is 89.7 Å². The Hall–Kier alpha value is -1.44. The van der Waals surface area contributed by atoms with E-state index in [9.17, 15) is 13.2 Å². The van der Waals surface area contributed by atoms with Crippen molar-refractivity contribution in [3.63, 3.8) is 0 Å². The first-order valence-electron chi connectivity index (χ1n) is 6.12. The third-order valence-corrected chi connectivity index (χ3v) is 5.35. The molecule has 0 radical (unpaired) electrons. The molecule has 0 saturated carbocycles. The van der Waals surface area contributed by atoms with Crippen LogP contribution in [-0.4, -0.2) is 45.4 Å². The fraction of sp³-hybridized carbons (Fsp3) is 0.462. The Morgan fingerprint density at radius 2 is 2.05 bits per heavy atom. The third kappa shape index (κ3) is 3.17. The van der Waals surface area contributed by atoms with Crippen LogP contribution in [0.3, 0.4) is 0 Å². The van der Waals surface area contributed by atoms with Gasteiger partial charge < -0.3 is 10.5 Å². The largest absolute Gasteiger partial charge is 0.465 e. The predicted octanol–water partition coefficient (Wildman–Crippen LogP) is 0.749. The molecule has 0 saturated heterocycles. The summed E-state index contributed by atoms with van der Waals surface area (Å²) in [5, 5.41) is 0. The lowest BCUT2D eigenvalue weighted by Crippen LogP contribution is -2.39. The molecule has 1 aromatic rings. The Morgan fingerprint density at radius 3 is 2.50 bits per heavy atom. The molecule has 7 heteroatoms. The number of sulfonamides is 1. The molecule has 2 N–H and O–H groups in total. The van der Waals surface area contributed by atoms with Crippen molar-refractivity contribution in [1.82, 2.24) is 4.31 Å². The van der Waals surface area contributed by atoms with Gasteiger partial charge >= 0.3 is 5.97 Å². The van der Waals surface area contributed by atoms with Gasteiger partial charge in [0.15, 0.2) is 0 Å². The summed E-state index contributed by atoms with van der Waals surface area (Å²) in [7, 11) is -0.866. The second-order valence-electron chi connectivity index (χ2n) is 4.58. The van der Waals surface area contributed by atoms with Gasteiger partial charge in [-0.2, -0.15) is 4.31 Å². The molecule has 0 aliphatic rings. The number of aryl methyl sites for hydroxylation is 1. The maximum Gasteiger partial charge on any atom is 0.337 e. The fourth-order valence-electron chi connectivity index (χ4n) is 1.72. The molecule has 0 heterocycles.